The van der Waals surface area contributed by atoms with Gasteiger partial charge in [0, 0.05) is 16.0 Å². The van der Waals surface area contributed by atoms with E-state index >= 15 is 0 Å². The lowest BCUT2D eigenvalue weighted by molar-refractivity contribution is 0.786. The Morgan fingerprint density at radius 2 is 1.89 bits per heavy atom. The molecule has 5 heteroatoms. The number of anilines is 1. The number of nitrogens with two attached hydrogens (primary N) is 1. The van der Waals surface area contributed by atoms with Gasteiger partial charge in [0.15, 0.2) is 0 Å². The van der Waals surface area contributed by atoms with E-state index in [9.17, 15) is 0 Å². The third-order valence-electron chi connectivity index (χ3n) is 2.77. The first kappa shape index (κ1) is 14.7. The second kappa shape index (κ2) is 6.62. The first-order valence-corrected chi connectivity index (χ1v) is 7.33. The van der Waals surface area contributed by atoms with Gasteiger partial charge in [0.1, 0.15) is 0 Å². The third kappa shape index (κ3) is 3.63. The van der Waals surface area contributed by atoms with Crippen LogP contribution in [0, 0.1) is 0 Å². The highest BCUT2D eigenvalue weighted by Gasteiger charge is 2.14. The van der Waals surface area contributed by atoms with Crippen molar-refractivity contribution in [1.82, 2.24) is 0 Å². The van der Waals surface area contributed by atoms with E-state index < -0.39 is 0 Å². The Kier molecular flexibility index (Phi) is 5.11. The summed E-state index contributed by atoms with van der Waals surface area (Å²) in [6.07, 6.45) is 0. The minimum Gasteiger partial charge on any atom is -0.376 e. The summed E-state index contributed by atoms with van der Waals surface area (Å²) < 4.78 is 0.965. The van der Waals surface area contributed by atoms with Gasteiger partial charge in [0.2, 0.25) is 0 Å². The summed E-state index contributed by atoms with van der Waals surface area (Å²) >= 11 is 15.7. The van der Waals surface area contributed by atoms with Crippen LogP contribution >= 0.6 is 39.1 Å². The van der Waals surface area contributed by atoms with Crippen molar-refractivity contribution in [3.63, 3.8) is 0 Å². The molecule has 0 spiro atoms. The molecule has 2 rings (SSSR count). The lowest BCUT2D eigenvalue weighted by atomic mass is 10.1. The lowest BCUT2D eigenvalue weighted by Gasteiger charge is -2.21. The zero-order chi connectivity index (χ0) is 13.8. The summed E-state index contributed by atoms with van der Waals surface area (Å²) in [6.45, 7) is 0.435. The van der Waals surface area contributed by atoms with E-state index in [2.05, 4.69) is 21.2 Å². The molecule has 0 saturated carbocycles. The standard InChI is InChI=1S/C14H13BrCl2N2/c15-11-6-5-9(16)7-10(11)14(8-18)19-13-4-2-1-3-12(13)17/h1-7,14,19H,8,18H2. The number of hydrogen-bond acceptors (Lipinski definition) is 2. The highest BCUT2D eigenvalue weighted by atomic mass is 79.9. The molecule has 2 aromatic carbocycles. The smallest absolute Gasteiger partial charge is 0.0648 e. The molecule has 0 aromatic heterocycles. The van der Waals surface area contributed by atoms with Crippen molar-refractivity contribution in [2.75, 3.05) is 11.9 Å². The van der Waals surface area contributed by atoms with Gasteiger partial charge in [-0.3, -0.25) is 0 Å². The van der Waals surface area contributed by atoms with Gasteiger partial charge >= 0.3 is 0 Å². The molecule has 2 aromatic rings. The molecule has 3 N–H and O–H groups in total. The minimum atomic E-state index is -0.0621. The van der Waals surface area contributed by atoms with Gasteiger partial charge in [-0.15, -0.1) is 0 Å². The molecule has 0 radical (unpaired) electrons. The molecule has 100 valence electrons. The maximum absolute atomic E-state index is 6.14. The zero-order valence-electron chi connectivity index (χ0n) is 10.0. The summed E-state index contributed by atoms with van der Waals surface area (Å²) in [4.78, 5) is 0. The fourth-order valence-corrected chi connectivity index (χ4v) is 2.71. The second-order valence-corrected chi connectivity index (χ2v) is 5.78. The van der Waals surface area contributed by atoms with Crippen LogP contribution in [0.25, 0.3) is 0 Å². The van der Waals surface area contributed by atoms with Gasteiger partial charge in [-0.05, 0) is 35.9 Å². The largest absolute Gasteiger partial charge is 0.376 e. The SMILES string of the molecule is NCC(Nc1ccccc1Cl)c1cc(Cl)ccc1Br. The number of rotatable bonds is 4. The van der Waals surface area contributed by atoms with Crippen LogP contribution < -0.4 is 11.1 Å². The second-order valence-electron chi connectivity index (χ2n) is 4.08. The molecular weight excluding hydrogens is 347 g/mol. The van der Waals surface area contributed by atoms with E-state index in [0.29, 0.717) is 16.6 Å². The van der Waals surface area contributed by atoms with E-state index in [0.717, 1.165) is 15.7 Å². The van der Waals surface area contributed by atoms with E-state index in [4.69, 9.17) is 28.9 Å². The van der Waals surface area contributed by atoms with Crippen LogP contribution in [0.15, 0.2) is 46.9 Å². The van der Waals surface area contributed by atoms with Crippen molar-refractivity contribution >= 4 is 44.8 Å². The molecule has 0 bridgehead atoms. The monoisotopic (exact) mass is 358 g/mol. The van der Waals surface area contributed by atoms with Crippen LogP contribution in [0.3, 0.4) is 0 Å². The van der Waals surface area contributed by atoms with Crippen LogP contribution in [-0.4, -0.2) is 6.54 Å². The van der Waals surface area contributed by atoms with E-state index in [1.165, 1.54) is 0 Å². The topological polar surface area (TPSA) is 38.0 Å². The molecule has 0 aliphatic rings. The predicted molar refractivity (Wildman–Crippen MR) is 86.0 cm³/mol. The first-order valence-electron chi connectivity index (χ1n) is 5.78. The zero-order valence-corrected chi connectivity index (χ0v) is 13.1. The third-order valence-corrected chi connectivity index (χ3v) is 4.06. The first-order chi connectivity index (χ1) is 9.11. The summed E-state index contributed by atoms with van der Waals surface area (Å²) in [5.74, 6) is 0. The van der Waals surface area contributed by atoms with Crippen molar-refractivity contribution < 1.29 is 0 Å². The van der Waals surface area contributed by atoms with Crippen LogP contribution in [0.2, 0.25) is 10.0 Å². The molecule has 1 atom stereocenters. The van der Waals surface area contributed by atoms with Crippen molar-refractivity contribution in [2.24, 2.45) is 5.73 Å². The predicted octanol–water partition coefficient (Wildman–Crippen LogP) is 4.87. The number of benzene rings is 2. The van der Waals surface area contributed by atoms with E-state index in [1.807, 2.05) is 42.5 Å². The summed E-state index contributed by atoms with van der Waals surface area (Å²) in [5.41, 5.74) is 7.71. The molecule has 0 heterocycles. The van der Waals surface area contributed by atoms with E-state index in [-0.39, 0.29) is 6.04 Å². The molecule has 19 heavy (non-hydrogen) atoms. The van der Waals surface area contributed by atoms with E-state index in [1.54, 1.807) is 0 Å². The summed E-state index contributed by atoms with van der Waals surface area (Å²) in [7, 11) is 0. The molecule has 0 fully saturated rings. The average Bonchev–Trinajstić information content (AvgIpc) is 2.41. The average molecular weight is 360 g/mol. The number of halogens is 3. The van der Waals surface area contributed by atoms with Crippen LogP contribution in [0.4, 0.5) is 5.69 Å². The fourth-order valence-electron chi connectivity index (χ4n) is 1.81. The van der Waals surface area contributed by atoms with Gasteiger partial charge in [-0.2, -0.15) is 0 Å². The Bertz CT molecular complexity index is 575. The minimum absolute atomic E-state index is 0.0621. The molecule has 0 aliphatic carbocycles. The molecule has 0 saturated heterocycles. The van der Waals surface area contributed by atoms with Gasteiger partial charge in [-0.1, -0.05) is 51.3 Å². The van der Waals surface area contributed by atoms with Crippen molar-refractivity contribution in [3.05, 3.63) is 62.5 Å². The van der Waals surface area contributed by atoms with Gasteiger partial charge < -0.3 is 11.1 Å². The highest BCUT2D eigenvalue weighted by molar-refractivity contribution is 9.10. The van der Waals surface area contributed by atoms with Crippen LogP contribution in [0.5, 0.6) is 0 Å². The van der Waals surface area contributed by atoms with Gasteiger partial charge in [0.05, 0.1) is 16.8 Å². The quantitative estimate of drug-likeness (QED) is 0.817. The number of nitrogens with one attached hydrogen (secondary N) is 1. The number of hydrogen-bond donors (Lipinski definition) is 2. The molecular formula is C14H13BrCl2N2. The maximum Gasteiger partial charge on any atom is 0.0648 e. The Labute approximate surface area is 131 Å². The number of para-hydroxylation sites is 1. The molecule has 0 aliphatic heterocycles. The van der Waals surface area contributed by atoms with Crippen LogP contribution in [-0.2, 0) is 0 Å². The van der Waals surface area contributed by atoms with Crippen molar-refractivity contribution in [1.29, 1.82) is 0 Å². The summed E-state index contributed by atoms with van der Waals surface area (Å²) in [6, 6.07) is 13.1. The summed E-state index contributed by atoms with van der Waals surface area (Å²) in [5, 5.41) is 4.68. The Morgan fingerprint density at radius 3 is 2.58 bits per heavy atom. The molecule has 1 unspecified atom stereocenters. The molecule has 2 nitrogen and oxygen atoms in total. The van der Waals surface area contributed by atoms with Crippen molar-refractivity contribution in [3.8, 4) is 0 Å². The van der Waals surface area contributed by atoms with Gasteiger partial charge in [0.25, 0.3) is 0 Å². The Morgan fingerprint density at radius 1 is 1.16 bits per heavy atom. The van der Waals surface area contributed by atoms with Crippen LogP contribution in [0.1, 0.15) is 11.6 Å². The Balaban J connectivity index is 2.30. The van der Waals surface area contributed by atoms with Crippen molar-refractivity contribution in [2.45, 2.75) is 6.04 Å². The molecule has 0 amide bonds. The van der Waals surface area contributed by atoms with Gasteiger partial charge in [-0.25, -0.2) is 0 Å². The normalized spacial score (nSPS) is 12.2. The lowest BCUT2D eigenvalue weighted by Crippen LogP contribution is -2.21. The highest BCUT2D eigenvalue weighted by Crippen LogP contribution is 2.30. The maximum atomic E-state index is 6.14. The Hall–Kier alpha value is -0.740. The fraction of sp³-hybridized carbons (Fsp3) is 0.143.